The van der Waals surface area contributed by atoms with E-state index in [1.807, 2.05) is 30.7 Å². The first-order valence-corrected chi connectivity index (χ1v) is 9.87. The Morgan fingerprint density at radius 1 is 1.10 bits per heavy atom. The number of fused-ring (bicyclic) bond motifs is 1. The van der Waals surface area contributed by atoms with Gasteiger partial charge in [0.1, 0.15) is 0 Å². The summed E-state index contributed by atoms with van der Waals surface area (Å²) < 4.78 is 1.93. The Kier molecular flexibility index (Phi) is 5.01. The van der Waals surface area contributed by atoms with Gasteiger partial charge in [-0.15, -0.1) is 0 Å². The predicted molar refractivity (Wildman–Crippen MR) is 117 cm³/mol. The Morgan fingerprint density at radius 2 is 1.86 bits per heavy atom. The molecule has 6 nitrogen and oxygen atoms in total. The zero-order valence-electron chi connectivity index (χ0n) is 17.4. The third-order valence-corrected chi connectivity index (χ3v) is 5.53. The standard InChI is InChI=1S/C23H27N5O/c1-16(29)28-13-12-22-21(15-28)23(25-27(22)4)24-19-10-8-17(9-11-19)18-6-5-7-20(14-18)26(2)3/h5-11,14H,12-13,15H2,1-4H3,(H,24,25). The molecule has 0 saturated heterocycles. The topological polar surface area (TPSA) is 53.4 Å². The van der Waals surface area contributed by atoms with E-state index in [0.717, 1.165) is 30.0 Å². The fourth-order valence-corrected chi connectivity index (χ4v) is 3.81. The van der Waals surface area contributed by atoms with Gasteiger partial charge in [-0.2, -0.15) is 5.10 Å². The number of aromatic nitrogens is 2. The highest BCUT2D eigenvalue weighted by Gasteiger charge is 2.25. The van der Waals surface area contributed by atoms with Crippen LogP contribution in [0.4, 0.5) is 17.2 Å². The fourth-order valence-electron chi connectivity index (χ4n) is 3.81. The van der Waals surface area contributed by atoms with E-state index in [4.69, 9.17) is 0 Å². The van der Waals surface area contributed by atoms with Gasteiger partial charge in [0.15, 0.2) is 5.82 Å². The number of carbonyl (C=O) groups is 1. The molecule has 150 valence electrons. The monoisotopic (exact) mass is 389 g/mol. The van der Waals surface area contributed by atoms with Crippen molar-refractivity contribution >= 4 is 23.1 Å². The highest BCUT2D eigenvalue weighted by molar-refractivity contribution is 5.75. The maximum absolute atomic E-state index is 11.8. The molecule has 1 N–H and O–H groups in total. The van der Waals surface area contributed by atoms with Gasteiger partial charge in [0, 0.05) is 63.7 Å². The zero-order valence-corrected chi connectivity index (χ0v) is 17.4. The highest BCUT2D eigenvalue weighted by Crippen LogP contribution is 2.30. The minimum atomic E-state index is 0.106. The number of nitrogens with one attached hydrogen (secondary N) is 1. The number of rotatable bonds is 4. The molecule has 4 rings (SSSR count). The van der Waals surface area contributed by atoms with Crippen LogP contribution in [0, 0.1) is 0 Å². The molecule has 0 saturated carbocycles. The van der Waals surface area contributed by atoms with E-state index < -0.39 is 0 Å². The average Bonchev–Trinajstić information content (AvgIpc) is 3.03. The normalized spacial score (nSPS) is 13.2. The van der Waals surface area contributed by atoms with E-state index in [1.165, 1.54) is 22.5 Å². The van der Waals surface area contributed by atoms with Gasteiger partial charge in [0.05, 0.1) is 6.54 Å². The first-order valence-electron chi connectivity index (χ1n) is 9.87. The highest BCUT2D eigenvalue weighted by atomic mass is 16.2. The lowest BCUT2D eigenvalue weighted by atomic mass is 10.0. The van der Waals surface area contributed by atoms with Crippen molar-refractivity contribution in [3.8, 4) is 11.1 Å². The summed E-state index contributed by atoms with van der Waals surface area (Å²) in [6, 6.07) is 16.9. The van der Waals surface area contributed by atoms with Crippen molar-refractivity contribution in [3.63, 3.8) is 0 Å². The van der Waals surface area contributed by atoms with Crippen LogP contribution < -0.4 is 10.2 Å². The van der Waals surface area contributed by atoms with Crippen LogP contribution in [0.5, 0.6) is 0 Å². The molecule has 0 fully saturated rings. The Morgan fingerprint density at radius 3 is 2.55 bits per heavy atom. The first kappa shape index (κ1) is 19.1. The molecule has 6 heteroatoms. The van der Waals surface area contributed by atoms with Crippen LogP contribution in [-0.4, -0.2) is 41.2 Å². The van der Waals surface area contributed by atoms with Crippen molar-refractivity contribution < 1.29 is 4.79 Å². The molecule has 2 aromatic carbocycles. The van der Waals surface area contributed by atoms with Gasteiger partial charge < -0.3 is 15.1 Å². The lowest BCUT2D eigenvalue weighted by Crippen LogP contribution is -2.34. The maximum Gasteiger partial charge on any atom is 0.219 e. The Hall–Kier alpha value is -3.28. The van der Waals surface area contributed by atoms with Gasteiger partial charge in [-0.1, -0.05) is 24.3 Å². The lowest BCUT2D eigenvalue weighted by molar-refractivity contribution is -0.129. The van der Waals surface area contributed by atoms with Crippen LogP contribution in [0.2, 0.25) is 0 Å². The Balaban J connectivity index is 1.56. The third-order valence-electron chi connectivity index (χ3n) is 5.53. The predicted octanol–water partition coefficient (Wildman–Crippen LogP) is 3.80. The van der Waals surface area contributed by atoms with E-state index in [-0.39, 0.29) is 5.91 Å². The number of benzene rings is 2. The number of nitrogens with zero attached hydrogens (tertiary/aromatic N) is 4. The summed E-state index contributed by atoms with van der Waals surface area (Å²) in [6.45, 7) is 2.98. The number of carbonyl (C=O) groups excluding carboxylic acids is 1. The zero-order chi connectivity index (χ0) is 20.5. The van der Waals surface area contributed by atoms with Crippen LogP contribution in [0.1, 0.15) is 18.2 Å². The minimum Gasteiger partial charge on any atom is -0.378 e. The smallest absolute Gasteiger partial charge is 0.219 e. The molecular formula is C23H27N5O. The molecule has 0 aliphatic carbocycles. The van der Waals surface area contributed by atoms with Crippen LogP contribution in [0.25, 0.3) is 11.1 Å². The third kappa shape index (κ3) is 3.83. The van der Waals surface area contributed by atoms with Crippen LogP contribution >= 0.6 is 0 Å². The molecule has 0 bridgehead atoms. The Bertz CT molecular complexity index is 1040. The summed E-state index contributed by atoms with van der Waals surface area (Å²) >= 11 is 0. The van der Waals surface area contributed by atoms with Crippen LogP contribution in [-0.2, 0) is 24.8 Å². The van der Waals surface area contributed by atoms with Crippen molar-refractivity contribution in [1.29, 1.82) is 0 Å². The molecule has 0 atom stereocenters. The van der Waals surface area contributed by atoms with Crippen LogP contribution in [0.3, 0.4) is 0 Å². The number of anilines is 3. The molecule has 1 aromatic heterocycles. The number of aryl methyl sites for hydroxylation is 1. The number of hydrogen-bond acceptors (Lipinski definition) is 4. The summed E-state index contributed by atoms with van der Waals surface area (Å²) in [6.07, 6.45) is 0.835. The lowest BCUT2D eigenvalue weighted by Gasteiger charge is -2.26. The molecule has 3 aromatic rings. The molecule has 1 amide bonds. The summed E-state index contributed by atoms with van der Waals surface area (Å²) in [5.74, 6) is 0.936. The Labute approximate surface area is 171 Å². The van der Waals surface area contributed by atoms with E-state index in [2.05, 4.69) is 63.8 Å². The minimum absolute atomic E-state index is 0.106. The fraction of sp³-hybridized carbons (Fsp3) is 0.304. The second kappa shape index (κ2) is 7.62. The number of hydrogen-bond donors (Lipinski definition) is 1. The van der Waals surface area contributed by atoms with E-state index in [0.29, 0.717) is 6.54 Å². The van der Waals surface area contributed by atoms with Crippen molar-refractivity contribution in [2.45, 2.75) is 19.9 Å². The van der Waals surface area contributed by atoms with Crippen molar-refractivity contribution in [2.24, 2.45) is 7.05 Å². The summed E-state index contributed by atoms with van der Waals surface area (Å²) in [5, 5.41) is 8.10. The molecule has 0 spiro atoms. The molecular weight excluding hydrogens is 362 g/mol. The molecule has 1 aliphatic heterocycles. The van der Waals surface area contributed by atoms with E-state index in [1.54, 1.807) is 6.92 Å². The van der Waals surface area contributed by atoms with Gasteiger partial charge in [0.2, 0.25) is 5.91 Å². The summed E-state index contributed by atoms with van der Waals surface area (Å²) in [4.78, 5) is 15.8. The quantitative estimate of drug-likeness (QED) is 0.737. The first-order chi connectivity index (χ1) is 13.9. The van der Waals surface area contributed by atoms with Crippen molar-refractivity contribution in [2.75, 3.05) is 30.9 Å². The SMILES string of the molecule is CC(=O)N1CCc2c(c(Nc3ccc(-c4cccc(N(C)C)c4)cc3)nn2C)C1. The number of amides is 1. The van der Waals surface area contributed by atoms with Gasteiger partial charge in [-0.25, -0.2) is 0 Å². The second-order valence-electron chi connectivity index (χ2n) is 7.74. The average molecular weight is 390 g/mol. The second-order valence-corrected chi connectivity index (χ2v) is 7.74. The van der Waals surface area contributed by atoms with Gasteiger partial charge in [-0.05, 0) is 35.4 Å². The van der Waals surface area contributed by atoms with Crippen molar-refractivity contribution in [3.05, 3.63) is 59.8 Å². The molecule has 29 heavy (non-hydrogen) atoms. The van der Waals surface area contributed by atoms with E-state index in [9.17, 15) is 4.79 Å². The molecule has 1 aliphatic rings. The summed E-state index contributed by atoms with van der Waals surface area (Å²) in [5.41, 5.74) is 6.83. The van der Waals surface area contributed by atoms with Gasteiger partial charge in [0.25, 0.3) is 0 Å². The maximum atomic E-state index is 11.8. The van der Waals surface area contributed by atoms with Crippen LogP contribution in [0.15, 0.2) is 48.5 Å². The van der Waals surface area contributed by atoms with Gasteiger partial charge in [-0.3, -0.25) is 9.48 Å². The van der Waals surface area contributed by atoms with Gasteiger partial charge >= 0.3 is 0 Å². The molecule has 2 heterocycles. The summed E-state index contributed by atoms with van der Waals surface area (Å²) in [7, 11) is 6.06. The largest absolute Gasteiger partial charge is 0.378 e. The molecule has 0 radical (unpaired) electrons. The molecule has 0 unspecified atom stereocenters. The van der Waals surface area contributed by atoms with E-state index >= 15 is 0 Å². The van der Waals surface area contributed by atoms with Crippen molar-refractivity contribution in [1.82, 2.24) is 14.7 Å².